The number of carbonyl (C=O) groups excluding carboxylic acids is 1. The summed E-state index contributed by atoms with van der Waals surface area (Å²) in [6.07, 6.45) is -1.83. The highest BCUT2D eigenvalue weighted by molar-refractivity contribution is 7.16. The molecule has 3 rings (SSSR count). The van der Waals surface area contributed by atoms with Crippen LogP contribution in [0.1, 0.15) is 39.7 Å². The highest BCUT2D eigenvalue weighted by Crippen LogP contribution is 2.41. The normalized spacial score (nSPS) is 20.9. The smallest absolute Gasteiger partial charge is 0.347 e. The summed E-state index contributed by atoms with van der Waals surface area (Å²) in [5, 5.41) is 2.67. The molecule has 0 spiro atoms. The molecule has 122 valence electrons. The summed E-state index contributed by atoms with van der Waals surface area (Å²) < 4.78 is 39.5. The molecule has 0 aromatic carbocycles. The van der Waals surface area contributed by atoms with Gasteiger partial charge in [0.05, 0.1) is 9.90 Å². The van der Waals surface area contributed by atoms with Gasteiger partial charge in [0.1, 0.15) is 5.69 Å². The highest BCUT2D eigenvalue weighted by Gasteiger charge is 2.38. The summed E-state index contributed by atoms with van der Waals surface area (Å²) in [5.41, 5.74) is -1.61. The van der Waals surface area contributed by atoms with E-state index in [1.54, 1.807) is 6.07 Å². The summed E-state index contributed by atoms with van der Waals surface area (Å²) in [6, 6.07) is 5.50. The number of nitrogens with one attached hydrogen (secondary N) is 1. The molecule has 0 saturated heterocycles. The molecule has 2 aromatic rings. The number of nitrogens with zero attached hydrogens (tertiary/aromatic N) is 1. The first-order valence-electron chi connectivity index (χ1n) is 6.94. The van der Waals surface area contributed by atoms with Gasteiger partial charge in [-0.25, -0.2) is 0 Å². The van der Waals surface area contributed by atoms with E-state index in [0.717, 1.165) is 23.8 Å². The van der Waals surface area contributed by atoms with E-state index < -0.39 is 23.3 Å². The third kappa shape index (κ3) is 3.35. The molecule has 1 aliphatic rings. The van der Waals surface area contributed by atoms with Crippen molar-refractivity contribution < 1.29 is 18.0 Å². The van der Waals surface area contributed by atoms with Crippen LogP contribution in [0.4, 0.5) is 13.2 Å². The van der Waals surface area contributed by atoms with Crippen LogP contribution in [0.15, 0.2) is 30.5 Å². The molecule has 8 heteroatoms. The number of rotatable bonds is 3. The van der Waals surface area contributed by atoms with E-state index in [2.05, 4.69) is 10.3 Å². The van der Waals surface area contributed by atoms with E-state index in [-0.39, 0.29) is 12.0 Å². The Morgan fingerprint density at radius 1 is 1.30 bits per heavy atom. The average Bonchev–Trinajstić information content (AvgIpc) is 2.88. The minimum atomic E-state index is -4.61. The minimum absolute atomic E-state index is 0.0921. The summed E-state index contributed by atoms with van der Waals surface area (Å²) >= 11 is 7.33. The van der Waals surface area contributed by atoms with Crippen molar-refractivity contribution in [2.45, 2.75) is 31.0 Å². The Hall–Kier alpha value is -1.60. The van der Waals surface area contributed by atoms with Crippen molar-refractivity contribution in [1.82, 2.24) is 10.3 Å². The van der Waals surface area contributed by atoms with Crippen molar-refractivity contribution >= 4 is 28.8 Å². The van der Waals surface area contributed by atoms with E-state index in [9.17, 15) is 18.0 Å². The van der Waals surface area contributed by atoms with Gasteiger partial charge in [-0.15, -0.1) is 11.3 Å². The minimum Gasteiger partial charge on any atom is -0.347 e. The van der Waals surface area contributed by atoms with E-state index in [0.29, 0.717) is 4.34 Å². The third-order valence-electron chi connectivity index (χ3n) is 3.88. The van der Waals surface area contributed by atoms with E-state index >= 15 is 0 Å². The molecule has 3 nitrogen and oxygen atoms in total. The molecule has 23 heavy (non-hydrogen) atoms. The Morgan fingerprint density at radius 3 is 2.65 bits per heavy atom. The molecule has 1 saturated carbocycles. The maximum Gasteiger partial charge on any atom is 0.418 e. The predicted octanol–water partition coefficient (Wildman–Crippen LogP) is 4.49. The molecule has 2 heterocycles. The second-order valence-electron chi connectivity index (χ2n) is 5.30. The molecule has 1 N–H and O–H groups in total. The molecule has 0 unspecified atom stereocenters. The predicted molar refractivity (Wildman–Crippen MR) is 81.8 cm³/mol. The summed E-state index contributed by atoms with van der Waals surface area (Å²) in [5.74, 6) is -0.704. The lowest BCUT2D eigenvalue weighted by molar-refractivity contribution is -0.138. The van der Waals surface area contributed by atoms with Gasteiger partial charge in [-0.3, -0.25) is 9.78 Å². The monoisotopic (exact) mass is 360 g/mol. The van der Waals surface area contributed by atoms with Crippen molar-refractivity contribution in [2.24, 2.45) is 0 Å². The second-order valence-corrected chi connectivity index (χ2v) is 7.05. The number of thiophene rings is 1. The quantitative estimate of drug-likeness (QED) is 0.876. The first-order valence-corrected chi connectivity index (χ1v) is 8.14. The van der Waals surface area contributed by atoms with Crippen molar-refractivity contribution in [3.05, 3.63) is 50.9 Å². The third-order valence-corrected chi connectivity index (χ3v) is 5.24. The molecule has 1 fully saturated rings. The Morgan fingerprint density at radius 2 is 2.09 bits per heavy atom. The number of hydrogen-bond acceptors (Lipinski definition) is 3. The lowest BCUT2D eigenvalue weighted by Gasteiger charge is -2.36. The van der Waals surface area contributed by atoms with Crippen molar-refractivity contribution in [2.75, 3.05) is 0 Å². The molecule has 0 aliphatic heterocycles. The standard InChI is InChI=1S/C15H12ClF3N2OS/c16-12-6-5-11(23-12)8-3-4-10(8)21-14(22)13-9(15(17,18)19)2-1-7-20-13/h1-2,5-8,10H,3-4H2,(H,21,22)/t8-,10+/m0/s1. The Bertz CT molecular complexity index is 732. The van der Waals surface area contributed by atoms with Gasteiger partial charge in [-0.1, -0.05) is 11.6 Å². The van der Waals surface area contributed by atoms with Crippen LogP contribution >= 0.6 is 22.9 Å². The molecule has 1 aliphatic carbocycles. The van der Waals surface area contributed by atoms with Gasteiger partial charge in [0.25, 0.3) is 5.91 Å². The lowest BCUT2D eigenvalue weighted by atomic mass is 9.78. The van der Waals surface area contributed by atoms with Gasteiger partial charge in [0.2, 0.25) is 0 Å². The molecule has 2 atom stereocenters. The Kier molecular flexibility index (Phi) is 4.33. The van der Waals surface area contributed by atoms with Crippen LogP contribution in [-0.2, 0) is 6.18 Å². The van der Waals surface area contributed by atoms with Gasteiger partial charge in [-0.2, -0.15) is 13.2 Å². The zero-order chi connectivity index (χ0) is 16.6. The maximum atomic E-state index is 13.0. The molecule has 0 radical (unpaired) electrons. The summed E-state index contributed by atoms with van der Waals surface area (Å²) in [4.78, 5) is 16.8. The van der Waals surface area contributed by atoms with Gasteiger partial charge in [-0.05, 0) is 37.1 Å². The fraction of sp³-hybridized carbons (Fsp3) is 0.333. The van der Waals surface area contributed by atoms with Gasteiger partial charge in [0, 0.05) is 23.0 Å². The van der Waals surface area contributed by atoms with Crippen LogP contribution in [0.2, 0.25) is 4.34 Å². The van der Waals surface area contributed by atoms with Crippen LogP contribution in [0.3, 0.4) is 0 Å². The zero-order valence-electron chi connectivity index (χ0n) is 11.7. The Labute approximate surface area is 139 Å². The van der Waals surface area contributed by atoms with Crippen LogP contribution in [0.25, 0.3) is 0 Å². The molecular weight excluding hydrogens is 349 g/mol. The van der Waals surface area contributed by atoms with Crippen molar-refractivity contribution in [3.63, 3.8) is 0 Å². The zero-order valence-corrected chi connectivity index (χ0v) is 13.3. The number of carbonyl (C=O) groups is 1. The van der Waals surface area contributed by atoms with Crippen LogP contribution < -0.4 is 5.32 Å². The fourth-order valence-electron chi connectivity index (χ4n) is 2.59. The molecule has 0 bridgehead atoms. The molecule has 1 amide bonds. The van der Waals surface area contributed by atoms with Crippen LogP contribution in [-0.4, -0.2) is 16.9 Å². The number of hydrogen-bond donors (Lipinski definition) is 1. The van der Waals surface area contributed by atoms with E-state index in [1.165, 1.54) is 23.6 Å². The topological polar surface area (TPSA) is 42.0 Å². The van der Waals surface area contributed by atoms with E-state index in [1.807, 2.05) is 6.07 Å². The highest BCUT2D eigenvalue weighted by atomic mass is 35.5. The van der Waals surface area contributed by atoms with Crippen molar-refractivity contribution in [3.8, 4) is 0 Å². The van der Waals surface area contributed by atoms with Crippen LogP contribution in [0, 0.1) is 0 Å². The fourth-order valence-corrected chi connectivity index (χ4v) is 3.85. The first-order chi connectivity index (χ1) is 10.9. The summed E-state index contributed by atoms with van der Waals surface area (Å²) in [7, 11) is 0. The number of halogens is 4. The largest absolute Gasteiger partial charge is 0.418 e. The van der Waals surface area contributed by atoms with Gasteiger partial charge in [0.15, 0.2) is 0 Å². The van der Waals surface area contributed by atoms with Gasteiger partial charge < -0.3 is 5.32 Å². The van der Waals surface area contributed by atoms with E-state index in [4.69, 9.17) is 11.6 Å². The lowest BCUT2D eigenvalue weighted by Crippen LogP contribution is -2.45. The Balaban J connectivity index is 1.75. The van der Waals surface area contributed by atoms with Crippen LogP contribution in [0.5, 0.6) is 0 Å². The first kappa shape index (κ1) is 16.3. The number of alkyl halides is 3. The number of pyridine rings is 1. The molecular formula is C15H12ClF3N2OS. The van der Waals surface area contributed by atoms with Crippen molar-refractivity contribution in [1.29, 1.82) is 0 Å². The number of amides is 1. The van der Waals surface area contributed by atoms with Gasteiger partial charge >= 0.3 is 6.18 Å². The average molecular weight is 361 g/mol. The molecule has 2 aromatic heterocycles. The number of aromatic nitrogens is 1. The SMILES string of the molecule is O=C(N[C@@H]1CC[C@@H]1c1ccc(Cl)s1)c1ncccc1C(F)(F)F. The maximum absolute atomic E-state index is 13.0. The second kappa shape index (κ2) is 6.13. The summed E-state index contributed by atoms with van der Waals surface area (Å²) in [6.45, 7) is 0.